The van der Waals surface area contributed by atoms with Crippen LogP contribution in [0.15, 0.2) is 46.7 Å². The van der Waals surface area contributed by atoms with E-state index in [-0.39, 0.29) is 29.3 Å². The van der Waals surface area contributed by atoms with Crippen molar-refractivity contribution < 1.29 is 41.0 Å². The Morgan fingerprint density at radius 2 is 1.81 bits per heavy atom. The average Bonchev–Trinajstić information content (AvgIpc) is 3.36. The number of sulfonamides is 1. The van der Waals surface area contributed by atoms with Gasteiger partial charge in [-0.15, -0.1) is 11.3 Å². The topological polar surface area (TPSA) is 116 Å². The summed E-state index contributed by atoms with van der Waals surface area (Å²) in [7, 11) is -2.32. The number of benzene rings is 1. The Kier molecular flexibility index (Phi) is 9.21. The number of alkyl halides is 3. The second kappa shape index (κ2) is 11.8. The zero-order valence-corrected chi connectivity index (χ0v) is 21.7. The number of amides is 1. The van der Waals surface area contributed by atoms with Gasteiger partial charge in [-0.05, 0) is 49.5 Å². The van der Waals surface area contributed by atoms with Gasteiger partial charge < -0.3 is 15.2 Å². The third-order valence-corrected chi connectivity index (χ3v) is 8.92. The van der Waals surface area contributed by atoms with Crippen LogP contribution >= 0.6 is 11.3 Å². The SMILES string of the molecule is CNC(=O)CN1CC2(CCN(Cc3cccs3)CC2)COc2ccccc2S1(=O)=O.O=C(O)C(F)(F)F. The Balaban J connectivity index is 0.000000479. The molecule has 1 spiro atoms. The number of carboxylic acid groups (broad SMARTS) is 1. The van der Waals surface area contributed by atoms with Crippen LogP contribution in [-0.4, -0.2) is 80.6 Å². The minimum atomic E-state index is -5.08. The molecular weight excluding hydrogens is 535 g/mol. The minimum absolute atomic E-state index is 0.124. The molecule has 2 aliphatic heterocycles. The molecule has 1 amide bonds. The van der Waals surface area contributed by atoms with Crippen molar-refractivity contribution in [3.63, 3.8) is 0 Å². The van der Waals surface area contributed by atoms with Crippen LogP contribution in [0.1, 0.15) is 17.7 Å². The zero-order chi connectivity index (χ0) is 27.3. The molecule has 1 aromatic heterocycles. The first-order chi connectivity index (χ1) is 17.4. The number of likely N-dealkylation sites (N-methyl/N-ethyl adjacent to an activating group) is 1. The summed E-state index contributed by atoms with van der Waals surface area (Å²) >= 11 is 1.75. The van der Waals surface area contributed by atoms with Crippen molar-refractivity contribution in [2.45, 2.75) is 30.5 Å². The molecule has 4 rings (SSSR count). The molecule has 1 fully saturated rings. The summed E-state index contributed by atoms with van der Waals surface area (Å²) in [4.78, 5) is 24.9. The molecule has 1 aromatic carbocycles. The summed E-state index contributed by atoms with van der Waals surface area (Å²) in [6, 6.07) is 10.9. The first-order valence-corrected chi connectivity index (χ1v) is 13.7. The summed E-state index contributed by atoms with van der Waals surface area (Å²) in [6.07, 6.45) is -3.44. The van der Waals surface area contributed by atoms with Crippen molar-refractivity contribution in [3.8, 4) is 5.75 Å². The van der Waals surface area contributed by atoms with Crippen LogP contribution in [0.4, 0.5) is 13.2 Å². The van der Waals surface area contributed by atoms with Gasteiger partial charge in [0.25, 0.3) is 0 Å². The lowest BCUT2D eigenvalue weighted by Gasteiger charge is -2.44. The Morgan fingerprint density at radius 3 is 2.38 bits per heavy atom. The first kappa shape index (κ1) is 28.9. The Labute approximate surface area is 216 Å². The number of para-hydroxylation sites is 1. The molecule has 14 heteroatoms. The number of rotatable bonds is 4. The maximum atomic E-state index is 13.4. The van der Waals surface area contributed by atoms with Crippen LogP contribution in [0, 0.1) is 5.41 Å². The summed E-state index contributed by atoms with van der Waals surface area (Å²) in [6.45, 7) is 3.19. The number of ether oxygens (including phenoxy) is 1. The highest BCUT2D eigenvalue weighted by atomic mass is 32.2. The molecule has 1 saturated heterocycles. The van der Waals surface area contributed by atoms with Crippen molar-refractivity contribution in [1.29, 1.82) is 0 Å². The largest absolute Gasteiger partial charge is 0.492 e. The standard InChI is InChI=1S/C21H27N3O4S2.C2HF3O2/c1-22-20(25)14-24-15-21(8-10-23(11-9-21)13-17-5-4-12-29-17)16-28-18-6-2-3-7-19(18)30(24,26)27;3-2(4,5)1(6)7/h2-7,12H,8-11,13-16H2,1H3,(H,22,25);(H,6,7). The number of fused-ring (bicyclic) bond motifs is 1. The lowest BCUT2D eigenvalue weighted by molar-refractivity contribution is -0.192. The Bertz CT molecular complexity index is 1180. The van der Waals surface area contributed by atoms with Gasteiger partial charge in [-0.1, -0.05) is 18.2 Å². The van der Waals surface area contributed by atoms with Crippen molar-refractivity contribution in [2.24, 2.45) is 5.41 Å². The fourth-order valence-corrected chi connectivity index (χ4v) is 6.54. The van der Waals surface area contributed by atoms with Crippen LogP contribution in [0.25, 0.3) is 0 Å². The van der Waals surface area contributed by atoms with E-state index in [9.17, 15) is 26.4 Å². The van der Waals surface area contributed by atoms with Crippen LogP contribution in [-0.2, 0) is 26.2 Å². The molecule has 3 heterocycles. The van der Waals surface area contributed by atoms with Gasteiger partial charge in [0, 0.05) is 30.4 Å². The second-order valence-electron chi connectivity index (χ2n) is 8.84. The number of thiophene rings is 1. The molecule has 204 valence electrons. The third-order valence-electron chi connectivity index (χ3n) is 6.23. The molecule has 0 unspecified atom stereocenters. The molecule has 0 aliphatic carbocycles. The van der Waals surface area contributed by atoms with Crippen LogP contribution < -0.4 is 10.1 Å². The van der Waals surface area contributed by atoms with Gasteiger partial charge in [0.2, 0.25) is 15.9 Å². The van der Waals surface area contributed by atoms with E-state index in [0.717, 1.165) is 32.5 Å². The van der Waals surface area contributed by atoms with E-state index in [1.807, 2.05) is 0 Å². The average molecular weight is 564 g/mol. The van der Waals surface area contributed by atoms with E-state index in [0.29, 0.717) is 12.4 Å². The second-order valence-corrected chi connectivity index (χ2v) is 11.8. The molecule has 0 atom stereocenters. The molecular formula is C23H28F3N3O6S2. The summed E-state index contributed by atoms with van der Waals surface area (Å²) in [5, 5.41) is 11.8. The van der Waals surface area contributed by atoms with Gasteiger partial charge in [0.1, 0.15) is 10.6 Å². The fourth-order valence-electron chi connectivity index (χ4n) is 4.15. The molecule has 9 nitrogen and oxygen atoms in total. The van der Waals surface area contributed by atoms with E-state index in [1.54, 1.807) is 35.6 Å². The number of piperidine rings is 1. The van der Waals surface area contributed by atoms with Gasteiger partial charge in [0.05, 0.1) is 13.2 Å². The third kappa shape index (κ3) is 7.43. The van der Waals surface area contributed by atoms with Crippen molar-refractivity contribution >= 4 is 33.2 Å². The number of likely N-dealkylation sites (tertiary alicyclic amines) is 1. The van der Waals surface area contributed by atoms with Crippen LogP contribution in [0.3, 0.4) is 0 Å². The highest BCUT2D eigenvalue weighted by Crippen LogP contribution is 2.39. The number of carboxylic acids is 1. The quantitative estimate of drug-likeness (QED) is 0.588. The normalized spacial score (nSPS) is 19.4. The van der Waals surface area contributed by atoms with Gasteiger partial charge in [-0.2, -0.15) is 17.5 Å². The summed E-state index contributed by atoms with van der Waals surface area (Å²) in [5.74, 6) is -2.71. The number of nitrogens with one attached hydrogen (secondary N) is 1. The number of aliphatic carboxylic acids is 1. The van der Waals surface area contributed by atoms with Gasteiger partial charge >= 0.3 is 12.1 Å². The number of hydrogen-bond acceptors (Lipinski definition) is 7. The summed E-state index contributed by atoms with van der Waals surface area (Å²) in [5.41, 5.74) is -0.319. The zero-order valence-electron chi connectivity index (χ0n) is 20.0. The van der Waals surface area contributed by atoms with Gasteiger partial charge in [-0.3, -0.25) is 9.69 Å². The van der Waals surface area contributed by atoms with E-state index < -0.39 is 22.2 Å². The van der Waals surface area contributed by atoms with E-state index in [4.69, 9.17) is 14.6 Å². The molecule has 2 N–H and O–H groups in total. The van der Waals surface area contributed by atoms with Crippen molar-refractivity contribution in [2.75, 3.05) is 39.8 Å². The molecule has 2 aliphatic rings. The lowest BCUT2D eigenvalue weighted by atomic mass is 9.78. The van der Waals surface area contributed by atoms with Crippen LogP contribution in [0.2, 0.25) is 0 Å². The number of carbonyl (C=O) groups is 2. The highest BCUT2D eigenvalue weighted by molar-refractivity contribution is 7.89. The smallest absolute Gasteiger partial charge is 0.490 e. The Morgan fingerprint density at radius 1 is 1.16 bits per heavy atom. The van der Waals surface area contributed by atoms with Gasteiger partial charge in [-0.25, -0.2) is 13.2 Å². The summed E-state index contributed by atoms with van der Waals surface area (Å²) < 4.78 is 65.9. The molecule has 0 bridgehead atoms. The number of halogens is 3. The first-order valence-electron chi connectivity index (χ1n) is 11.3. The lowest BCUT2D eigenvalue weighted by Crippen LogP contribution is -2.53. The number of nitrogens with zero attached hydrogens (tertiary/aromatic N) is 2. The van der Waals surface area contributed by atoms with Crippen LogP contribution in [0.5, 0.6) is 5.75 Å². The number of carbonyl (C=O) groups excluding carboxylic acids is 1. The predicted octanol–water partition coefficient (Wildman–Crippen LogP) is 2.79. The molecule has 0 radical (unpaired) electrons. The predicted molar refractivity (Wildman–Crippen MR) is 130 cm³/mol. The fraction of sp³-hybridized carbons (Fsp3) is 0.478. The van der Waals surface area contributed by atoms with Crippen molar-refractivity contribution in [3.05, 3.63) is 46.7 Å². The van der Waals surface area contributed by atoms with E-state index in [1.165, 1.54) is 16.2 Å². The highest BCUT2D eigenvalue weighted by Gasteiger charge is 2.43. The monoisotopic (exact) mass is 563 g/mol. The minimum Gasteiger partial charge on any atom is -0.492 e. The van der Waals surface area contributed by atoms with E-state index >= 15 is 0 Å². The van der Waals surface area contributed by atoms with E-state index in [2.05, 4.69) is 27.7 Å². The number of hydrogen-bond donors (Lipinski definition) is 2. The molecule has 0 saturated carbocycles. The molecule has 37 heavy (non-hydrogen) atoms. The van der Waals surface area contributed by atoms with Gasteiger partial charge in [0.15, 0.2) is 0 Å². The maximum absolute atomic E-state index is 13.4. The maximum Gasteiger partial charge on any atom is 0.490 e. The Hall–Kier alpha value is -2.68. The van der Waals surface area contributed by atoms with Crippen molar-refractivity contribution in [1.82, 2.24) is 14.5 Å². The molecule has 2 aromatic rings.